The van der Waals surface area contributed by atoms with Gasteiger partial charge in [-0.2, -0.15) is 0 Å². The van der Waals surface area contributed by atoms with Gasteiger partial charge in [0, 0.05) is 29.9 Å². The van der Waals surface area contributed by atoms with Gasteiger partial charge in [0.05, 0.1) is 24.3 Å². The predicted molar refractivity (Wildman–Crippen MR) is 112 cm³/mol. The molecule has 2 aromatic heterocycles. The van der Waals surface area contributed by atoms with E-state index in [2.05, 4.69) is 25.6 Å². The molecule has 1 saturated carbocycles. The fraction of sp³-hybridized carbons (Fsp3) is 0.524. The van der Waals surface area contributed by atoms with Gasteiger partial charge in [0.2, 0.25) is 17.7 Å². The quantitative estimate of drug-likeness (QED) is 0.728. The van der Waals surface area contributed by atoms with Crippen molar-refractivity contribution < 1.29 is 9.53 Å². The van der Waals surface area contributed by atoms with Crippen LogP contribution < -0.4 is 15.4 Å². The highest BCUT2D eigenvalue weighted by Gasteiger charge is 2.41. The van der Waals surface area contributed by atoms with E-state index in [4.69, 9.17) is 16.3 Å². The lowest BCUT2D eigenvalue weighted by Crippen LogP contribution is -2.55. The molecule has 2 aliphatic rings. The number of rotatable bonds is 5. The minimum atomic E-state index is -0.140. The third kappa shape index (κ3) is 4.29. The van der Waals surface area contributed by atoms with Crippen LogP contribution in [0.1, 0.15) is 32.6 Å². The van der Waals surface area contributed by atoms with Gasteiger partial charge in [-0.1, -0.05) is 0 Å². The number of nitrogens with one attached hydrogen (secondary N) is 2. The monoisotopic (exact) mass is 415 g/mol. The van der Waals surface area contributed by atoms with Crippen LogP contribution in [0.25, 0.3) is 11.3 Å². The van der Waals surface area contributed by atoms with Gasteiger partial charge in [0.1, 0.15) is 0 Å². The fourth-order valence-corrected chi connectivity index (χ4v) is 4.80. The highest BCUT2D eigenvalue weighted by Crippen LogP contribution is 2.37. The average molecular weight is 416 g/mol. The molecule has 1 aliphatic heterocycles. The van der Waals surface area contributed by atoms with Gasteiger partial charge in [0.25, 0.3) is 0 Å². The molecule has 3 heterocycles. The van der Waals surface area contributed by atoms with E-state index < -0.39 is 0 Å². The van der Waals surface area contributed by atoms with Gasteiger partial charge >= 0.3 is 0 Å². The fourth-order valence-electron chi connectivity index (χ4n) is 4.44. The van der Waals surface area contributed by atoms with Crippen molar-refractivity contribution in [2.24, 2.45) is 11.8 Å². The Bertz CT molecular complexity index is 880. The zero-order valence-corrected chi connectivity index (χ0v) is 17.4. The van der Waals surface area contributed by atoms with Crippen LogP contribution in [-0.2, 0) is 4.79 Å². The number of carbonyl (C=O) groups is 1. The molecule has 5 atom stereocenters. The number of hydrogen-bond donors (Lipinski definition) is 2. The maximum atomic E-state index is 12.7. The zero-order chi connectivity index (χ0) is 20.4. The summed E-state index contributed by atoms with van der Waals surface area (Å²) in [4.78, 5) is 25.9. The number of nitrogens with zero attached hydrogens (tertiary/aromatic N) is 3. The first-order valence-electron chi connectivity index (χ1n) is 10.1. The smallest absolute Gasteiger partial charge is 0.225 e. The molecular weight excluding hydrogens is 390 g/mol. The number of fused-ring (bicyclic) bond motifs is 1. The number of hydrogen-bond acceptors (Lipinski definition) is 6. The number of piperidine rings is 1. The van der Waals surface area contributed by atoms with Crippen molar-refractivity contribution in [3.05, 3.63) is 30.6 Å². The lowest BCUT2D eigenvalue weighted by molar-refractivity contribution is -0.130. The van der Waals surface area contributed by atoms with Crippen LogP contribution in [0.3, 0.4) is 0 Å². The minimum absolute atomic E-state index is 0.0994. The van der Waals surface area contributed by atoms with Crippen molar-refractivity contribution in [2.45, 2.75) is 50.1 Å². The Morgan fingerprint density at radius 1 is 1.24 bits per heavy atom. The molecule has 0 radical (unpaired) electrons. The molecule has 1 amide bonds. The summed E-state index contributed by atoms with van der Waals surface area (Å²) in [5, 5.41) is 6.74. The lowest BCUT2D eigenvalue weighted by Gasteiger charge is -2.42. The number of alkyl halides is 1. The van der Waals surface area contributed by atoms with E-state index in [9.17, 15) is 4.79 Å². The van der Waals surface area contributed by atoms with Gasteiger partial charge in [-0.3, -0.25) is 4.79 Å². The van der Waals surface area contributed by atoms with Crippen LogP contribution in [0.2, 0.25) is 0 Å². The maximum Gasteiger partial charge on any atom is 0.225 e. The number of aromatic nitrogens is 3. The molecule has 4 rings (SSSR count). The summed E-state index contributed by atoms with van der Waals surface area (Å²) in [6, 6.07) is 5.72. The van der Waals surface area contributed by atoms with Crippen LogP contribution in [0.4, 0.5) is 5.95 Å². The molecule has 7 nitrogen and oxygen atoms in total. The van der Waals surface area contributed by atoms with E-state index in [-0.39, 0.29) is 29.3 Å². The number of anilines is 1. The van der Waals surface area contributed by atoms with Crippen LogP contribution in [0.5, 0.6) is 5.88 Å². The molecule has 8 heteroatoms. The minimum Gasteiger partial charge on any atom is -0.481 e. The Morgan fingerprint density at radius 2 is 2.10 bits per heavy atom. The topological polar surface area (TPSA) is 89.0 Å². The number of pyridine rings is 1. The first-order chi connectivity index (χ1) is 14.0. The molecule has 0 spiro atoms. The summed E-state index contributed by atoms with van der Waals surface area (Å²) in [6.45, 7) is 2.01. The number of amides is 1. The molecule has 0 bridgehead atoms. The standard InChI is InChI=1S/C21H26ClN5O2/c1-12(16-11-13-10-14(22)5-6-17(13)26-19(16)28)25-21-24-9-7-18(27-21)15-4-3-8-23-20(15)29-2/h3-4,7-9,12-14,16-17H,5-6,10-11H2,1-2H3,(H,26,28)(H,24,25,27)/t12-,13?,14?,16?,17?/m0/s1. The first kappa shape index (κ1) is 19.9. The summed E-state index contributed by atoms with van der Waals surface area (Å²) in [6.07, 6.45) is 7.11. The van der Waals surface area contributed by atoms with E-state index in [1.807, 2.05) is 25.1 Å². The Labute approximate surface area is 175 Å². The number of carbonyl (C=O) groups excluding carboxylic acids is 1. The maximum absolute atomic E-state index is 12.7. The summed E-state index contributed by atoms with van der Waals surface area (Å²) < 4.78 is 5.33. The number of methoxy groups -OCH3 is 1. The van der Waals surface area contributed by atoms with Crippen LogP contribution in [0, 0.1) is 11.8 Å². The second kappa shape index (κ2) is 8.53. The average Bonchev–Trinajstić information content (AvgIpc) is 2.73. The van der Waals surface area contributed by atoms with E-state index in [0.717, 1.165) is 31.2 Å². The molecule has 1 aliphatic carbocycles. The Hall–Kier alpha value is -2.41. The molecule has 0 aromatic carbocycles. The predicted octanol–water partition coefficient (Wildman–Crippen LogP) is 3.26. The normalized spacial score (nSPS) is 27.5. The summed E-state index contributed by atoms with van der Waals surface area (Å²) in [5.41, 5.74) is 1.51. The molecule has 29 heavy (non-hydrogen) atoms. The molecule has 4 unspecified atom stereocenters. The van der Waals surface area contributed by atoms with Gasteiger partial charge in [-0.15, -0.1) is 11.6 Å². The first-order valence-corrected chi connectivity index (χ1v) is 10.5. The van der Waals surface area contributed by atoms with Crippen molar-refractivity contribution in [3.63, 3.8) is 0 Å². The van der Waals surface area contributed by atoms with Crippen LogP contribution in [0.15, 0.2) is 30.6 Å². The van der Waals surface area contributed by atoms with Crippen molar-refractivity contribution in [1.29, 1.82) is 0 Å². The summed E-state index contributed by atoms with van der Waals surface area (Å²) in [5.74, 6) is 1.39. The van der Waals surface area contributed by atoms with Gasteiger partial charge in [-0.05, 0) is 56.7 Å². The molecule has 2 fully saturated rings. The highest BCUT2D eigenvalue weighted by molar-refractivity contribution is 6.20. The lowest BCUT2D eigenvalue weighted by atomic mass is 9.74. The van der Waals surface area contributed by atoms with Gasteiger partial charge in [0.15, 0.2) is 0 Å². The molecule has 2 N–H and O–H groups in total. The van der Waals surface area contributed by atoms with Gasteiger partial charge < -0.3 is 15.4 Å². The van der Waals surface area contributed by atoms with Crippen molar-refractivity contribution in [1.82, 2.24) is 20.3 Å². The van der Waals surface area contributed by atoms with Crippen molar-refractivity contribution in [3.8, 4) is 17.1 Å². The number of halogens is 1. The summed E-state index contributed by atoms with van der Waals surface area (Å²) in [7, 11) is 1.58. The van der Waals surface area contributed by atoms with E-state index >= 15 is 0 Å². The second-order valence-corrected chi connectivity index (χ2v) is 8.50. The Kier molecular flexibility index (Phi) is 5.85. The number of ether oxygens (including phenoxy) is 1. The Morgan fingerprint density at radius 3 is 2.93 bits per heavy atom. The van der Waals surface area contributed by atoms with Crippen molar-refractivity contribution >= 4 is 23.5 Å². The molecular formula is C21H26ClN5O2. The second-order valence-electron chi connectivity index (χ2n) is 7.89. The van der Waals surface area contributed by atoms with Crippen LogP contribution >= 0.6 is 11.6 Å². The third-order valence-electron chi connectivity index (χ3n) is 6.00. The molecule has 154 valence electrons. The van der Waals surface area contributed by atoms with E-state index in [1.165, 1.54) is 0 Å². The van der Waals surface area contributed by atoms with E-state index in [0.29, 0.717) is 23.4 Å². The largest absolute Gasteiger partial charge is 0.481 e. The Balaban J connectivity index is 1.48. The summed E-state index contributed by atoms with van der Waals surface area (Å²) >= 11 is 6.37. The SMILES string of the molecule is COc1ncccc1-c1ccnc(N[C@@H](C)C2CC3CC(Cl)CCC3NC2=O)n1. The molecule has 2 aromatic rings. The third-order valence-corrected chi connectivity index (χ3v) is 6.39. The molecule has 1 saturated heterocycles. The highest BCUT2D eigenvalue weighted by atomic mass is 35.5. The van der Waals surface area contributed by atoms with Crippen molar-refractivity contribution in [2.75, 3.05) is 12.4 Å². The van der Waals surface area contributed by atoms with Gasteiger partial charge in [-0.25, -0.2) is 15.0 Å². The van der Waals surface area contributed by atoms with E-state index in [1.54, 1.807) is 19.5 Å². The van der Waals surface area contributed by atoms with Crippen LogP contribution in [-0.4, -0.2) is 45.4 Å². The zero-order valence-electron chi connectivity index (χ0n) is 16.6.